The summed E-state index contributed by atoms with van der Waals surface area (Å²) < 4.78 is 5.18. The van der Waals surface area contributed by atoms with E-state index >= 15 is 0 Å². The van der Waals surface area contributed by atoms with Gasteiger partial charge in [0.2, 0.25) is 0 Å². The highest BCUT2D eigenvalue weighted by molar-refractivity contribution is 4.72. The number of piperidine rings is 1. The molecule has 2 unspecified atom stereocenters. The molecule has 102 valence electrons. The molecular formula is C13H28N2O2. The highest BCUT2D eigenvalue weighted by Gasteiger charge is 2.13. The van der Waals surface area contributed by atoms with E-state index in [2.05, 4.69) is 17.1 Å². The van der Waals surface area contributed by atoms with Crippen molar-refractivity contribution >= 4 is 0 Å². The number of likely N-dealkylation sites (tertiary alicyclic amines) is 1. The van der Waals surface area contributed by atoms with Crippen molar-refractivity contribution in [2.45, 2.75) is 45.3 Å². The molecule has 4 heteroatoms. The quantitative estimate of drug-likeness (QED) is 0.664. The standard InChI is InChI=1S/C13H28N2O2/c1-3-17-11-13(16)9-14-12(2)10-15-7-5-4-6-8-15/h12-14,16H,3-11H2,1-2H3. The third kappa shape index (κ3) is 6.99. The van der Waals surface area contributed by atoms with E-state index in [0.717, 1.165) is 6.54 Å². The van der Waals surface area contributed by atoms with E-state index in [1.165, 1.54) is 32.4 Å². The van der Waals surface area contributed by atoms with E-state index in [9.17, 15) is 5.11 Å². The van der Waals surface area contributed by atoms with Gasteiger partial charge in [-0.1, -0.05) is 6.42 Å². The normalized spacial score (nSPS) is 21.4. The van der Waals surface area contributed by atoms with Crippen LogP contribution in [0.2, 0.25) is 0 Å². The second kappa shape index (κ2) is 8.86. The Morgan fingerprint density at radius 3 is 2.65 bits per heavy atom. The van der Waals surface area contributed by atoms with E-state index in [4.69, 9.17) is 4.74 Å². The van der Waals surface area contributed by atoms with Crippen LogP contribution in [0.5, 0.6) is 0 Å². The average molecular weight is 244 g/mol. The Labute approximate surface area is 105 Å². The molecular weight excluding hydrogens is 216 g/mol. The minimum Gasteiger partial charge on any atom is -0.389 e. The van der Waals surface area contributed by atoms with Gasteiger partial charge in [-0.25, -0.2) is 0 Å². The molecule has 1 aliphatic heterocycles. The van der Waals surface area contributed by atoms with Crippen molar-refractivity contribution in [3.05, 3.63) is 0 Å². The van der Waals surface area contributed by atoms with Crippen molar-refractivity contribution in [2.75, 3.05) is 39.4 Å². The van der Waals surface area contributed by atoms with Gasteiger partial charge in [0.15, 0.2) is 0 Å². The van der Waals surface area contributed by atoms with Crippen molar-refractivity contribution < 1.29 is 9.84 Å². The molecule has 1 aliphatic rings. The van der Waals surface area contributed by atoms with E-state index in [-0.39, 0.29) is 0 Å². The lowest BCUT2D eigenvalue weighted by Gasteiger charge is -2.29. The predicted molar refractivity (Wildman–Crippen MR) is 70.3 cm³/mol. The summed E-state index contributed by atoms with van der Waals surface area (Å²) in [5.74, 6) is 0. The van der Waals surface area contributed by atoms with Crippen LogP contribution in [-0.2, 0) is 4.74 Å². The first-order valence-corrected chi connectivity index (χ1v) is 6.94. The monoisotopic (exact) mass is 244 g/mol. The zero-order valence-corrected chi connectivity index (χ0v) is 11.3. The molecule has 0 aromatic carbocycles. The molecule has 0 amide bonds. The fourth-order valence-electron chi connectivity index (χ4n) is 2.24. The van der Waals surface area contributed by atoms with Crippen LogP contribution < -0.4 is 5.32 Å². The summed E-state index contributed by atoms with van der Waals surface area (Å²) in [6, 6.07) is 0.435. The molecule has 0 bridgehead atoms. The average Bonchev–Trinajstić information content (AvgIpc) is 2.35. The van der Waals surface area contributed by atoms with Gasteiger partial charge < -0.3 is 20.1 Å². The summed E-state index contributed by atoms with van der Waals surface area (Å²) in [5.41, 5.74) is 0. The van der Waals surface area contributed by atoms with Gasteiger partial charge >= 0.3 is 0 Å². The number of aliphatic hydroxyl groups excluding tert-OH is 1. The fraction of sp³-hybridized carbons (Fsp3) is 1.00. The van der Waals surface area contributed by atoms with E-state index in [1.807, 2.05) is 6.92 Å². The number of hydrogen-bond acceptors (Lipinski definition) is 4. The number of ether oxygens (including phenoxy) is 1. The molecule has 0 aromatic rings. The number of nitrogens with one attached hydrogen (secondary N) is 1. The maximum absolute atomic E-state index is 9.63. The first-order valence-electron chi connectivity index (χ1n) is 6.94. The second-order valence-corrected chi connectivity index (χ2v) is 4.98. The molecule has 1 fully saturated rings. The van der Waals surface area contributed by atoms with Crippen molar-refractivity contribution in [1.29, 1.82) is 0 Å². The Bertz CT molecular complexity index is 184. The SMILES string of the molecule is CCOCC(O)CNC(C)CN1CCCCC1. The third-order valence-corrected chi connectivity index (χ3v) is 3.20. The Morgan fingerprint density at radius 1 is 1.29 bits per heavy atom. The van der Waals surface area contributed by atoms with Crippen LogP contribution >= 0.6 is 0 Å². The highest BCUT2D eigenvalue weighted by atomic mass is 16.5. The summed E-state index contributed by atoms with van der Waals surface area (Å²) in [7, 11) is 0. The molecule has 2 N–H and O–H groups in total. The molecule has 0 aromatic heterocycles. The molecule has 1 heterocycles. The lowest BCUT2D eigenvalue weighted by Crippen LogP contribution is -2.44. The molecule has 0 spiro atoms. The zero-order valence-electron chi connectivity index (χ0n) is 11.3. The first kappa shape index (κ1) is 14.9. The number of rotatable bonds is 8. The molecule has 1 rings (SSSR count). The van der Waals surface area contributed by atoms with E-state index in [0.29, 0.717) is 25.8 Å². The van der Waals surface area contributed by atoms with Gasteiger partial charge in [-0.2, -0.15) is 0 Å². The van der Waals surface area contributed by atoms with Gasteiger partial charge in [0.1, 0.15) is 0 Å². The lowest BCUT2D eigenvalue weighted by molar-refractivity contribution is 0.0408. The van der Waals surface area contributed by atoms with E-state index in [1.54, 1.807) is 0 Å². The summed E-state index contributed by atoms with van der Waals surface area (Å²) >= 11 is 0. The lowest BCUT2D eigenvalue weighted by atomic mass is 10.1. The van der Waals surface area contributed by atoms with Crippen LogP contribution in [0.4, 0.5) is 0 Å². The van der Waals surface area contributed by atoms with Gasteiger partial charge in [-0.05, 0) is 39.8 Å². The Hall–Kier alpha value is -0.160. The number of hydrogen-bond donors (Lipinski definition) is 2. The predicted octanol–water partition coefficient (Wildman–Crippen LogP) is 0.848. The van der Waals surface area contributed by atoms with Crippen molar-refractivity contribution in [3.8, 4) is 0 Å². The van der Waals surface area contributed by atoms with Gasteiger partial charge in [-0.3, -0.25) is 0 Å². The van der Waals surface area contributed by atoms with Gasteiger partial charge in [0.25, 0.3) is 0 Å². The van der Waals surface area contributed by atoms with Crippen LogP contribution in [0.25, 0.3) is 0 Å². The van der Waals surface area contributed by atoms with Crippen LogP contribution in [0.15, 0.2) is 0 Å². The van der Waals surface area contributed by atoms with Crippen LogP contribution in [0.3, 0.4) is 0 Å². The van der Waals surface area contributed by atoms with E-state index < -0.39 is 6.10 Å². The van der Waals surface area contributed by atoms with Crippen LogP contribution in [0, 0.1) is 0 Å². The van der Waals surface area contributed by atoms with Crippen LogP contribution in [-0.4, -0.2) is 61.5 Å². The summed E-state index contributed by atoms with van der Waals surface area (Å²) in [6.07, 6.45) is 3.66. The first-order chi connectivity index (χ1) is 8.22. The third-order valence-electron chi connectivity index (χ3n) is 3.20. The molecule has 0 aliphatic carbocycles. The minimum absolute atomic E-state index is 0.390. The minimum atomic E-state index is -0.390. The molecule has 17 heavy (non-hydrogen) atoms. The number of nitrogens with zero attached hydrogens (tertiary/aromatic N) is 1. The zero-order chi connectivity index (χ0) is 12.5. The highest BCUT2D eigenvalue weighted by Crippen LogP contribution is 2.08. The maximum Gasteiger partial charge on any atom is 0.0897 e. The Morgan fingerprint density at radius 2 is 2.00 bits per heavy atom. The van der Waals surface area contributed by atoms with Crippen molar-refractivity contribution in [1.82, 2.24) is 10.2 Å². The molecule has 0 saturated carbocycles. The molecule has 0 radical (unpaired) electrons. The molecule has 2 atom stereocenters. The summed E-state index contributed by atoms with van der Waals surface area (Å²) in [5, 5.41) is 13.0. The van der Waals surface area contributed by atoms with Gasteiger partial charge in [-0.15, -0.1) is 0 Å². The Balaban J connectivity index is 2.05. The summed E-state index contributed by atoms with van der Waals surface area (Å²) in [4.78, 5) is 2.51. The van der Waals surface area contributed by atoms with Crippen molar-refractivity contribution in [3.63, 3.8) is 0 Å². The largest absolute Gasteiger partial charge is 0.389 e. The summed E-state index contributed by atoms with van der Waals surface area (Å²) in [6.45, 7) is 9.39. The smallest absolute Gasteiger partial charge is 0.0897 e. The second-order valence-electron chi connectivity index (χ2n) is 4.98. The van der Waals surface area contributed by atoms with Gasteiger partial charge in [0.05, 0.1) is 12.7 Å². The van der Waals surface area contributed by atoms with Crippen LogP contribution in [0.1, 0.15) is 33.1 Å². The van der Waals surface area contributed by atoms with Crippen molar-refractivity contribution in [2.24, 2.45) is 0 Å². The number of aliphatic hydroxyl groups is 1. The topological polar surface area (TPSA) is 44.7 Å². The maximum atomic E-state index is 9.63. The molecule has 1 saturated heterocycles. The molecule has 4 nitrogen and oxygen atoms in total. The van der Waals surface area contributed by atoms with Gasteiger partial charge in [0, 0.05) is 25.7 Å². The Kier molecular flexibility index (Phi) is 7.77. The fourth-order valence-corrected chi connectivity index (χ4v) is 2.24.